The molecule has 0 saturated heterocycles. The van der Waals surface area contributed by atoms with Gasteiger partial charge in [-0.1, -0.05) is 0 Å². The summed E-state index contributed by atoms with van der Waals surface area (Å²) in [7, 11) is 0. The number of hydrogen-bond donors (Lipinski definition) is 0. The van der Waals surface area contributed by atoms with E-state index in [1.165, 1.54) is 9.81 Å². The van der Waals surface area contributed by atoms with Gasteiger partial charge in [0.1, 0.15) is 24.1 Å². The lowest BCUT2D eigenvalue weighted by Gasteiger charge is -2.27. The van der Waals surface area contributed by atoms with E-state index in [-0.39, 0.29) is 24.4 Å². The number of rotatable bonds is 5. The highest BCUT2D eigenvalue weighted by molar-refractivity contribution is 7.08. The largest absolute Gasteiger partial charge is 0.467 e. The van der Waals surface area contributed by atoms with Crippen molar-refractivity contribution in [2.24, 2.45) is 11.0 Å². The van der Waals surface area contributed by atoms with Crippen LogP contribution in [0.2, 0.25) is 0 Å². The van der Waals surface area contributed by atoms with Crippen LogP contribution in [0.1, 0.15) is 36.8 Å². The molecule has 0 bridgehead atoms. The number of thiophene rings is 1. The minimum absolute atomic E-state index is 0.0557. The van der Waals surface area contributed by atoms with Crippen LogP contribution in [-0.2, 0) is 11.3 Å². The third-order valence-corrected chi connectivity index (χ3v) is 6.64. The molecule has 2 atom stereocenters. The molecule has 1 fully saturated rings. The lowest BCUT2D eigenvalue weighted by Crippen LogP contribution is -2.34. The van der Waals surface area contributed by atoms with E-state index in [0.29, 0.717) is 5.82 Å². The maximum absolute atomic E-state index is 13.4. The molecule has 166 valence electrons. The number of allylic oxidation sites excluding steroid dienone is 1. The van der Waals surface area contributed by atoms with Gasteiger partial charge in [-0.15, -0.1) is 10.2 Å². The van der Waals surface area contributed by atoms with E-state index in [1.807, 2.05) is 47.2 Å². The molecule has 1 amide bonds. The summed E-state index contributed by atoms with van der Waals surface area (Å²) in [6.07, 6.45) is 8.12. The van der Waals surface area contributed by atoms with Gasteiger partial charge in [0.25, 0.3) is 5.91 Å². The molecule has 9 nitrogen and oxygen atoms in total. The van der Waals surface area contributed by atoms with Gasteiger partial charge in [-0.3, -0.25) is 4.79 Å². The van der Waals surface area contributed by atoms with Crippen molar-refractivity contribution in [3.05, 3.63) is 70.7 Å². The summed E-state index contributed by atoms with van der Waals surface area (Å²) in [5.74, 6) is 1.83. The van der Waals surface area contributed by atoms with Crippen molar-refractivity contribution in [3.63, 3.8) is 0 Å². The minimum atomic E-state index is -0.303. The van der Waals surface area contributed by atoms with Gasteiger partial charge in [-0.2, -0.15) is 21.2 Å². The molecule has 2 aliphatic rings. The molecule has 1 aliphatic heterocycles. The molecule has 1 aliphatic carbocycles. The number of carbonyl (C=O) groups excluding carboxylic acids is 1. The summed E-state index contributed by atoms with van der Waals surface area (Å²) in [5, 5.41) is 22.7. The Bertz CT molecular complexity index is 1300. The van der Waals surface area contributed by atoms with Gasteiger partial charge in [-0.05, 0) is 71.8 Å². The first kappa shape index (κ1) is 19.9. The number of amides is 1. The van der Waals surface area contributed by atoms with Crippen LogP contribution >= 0.6 is 11.3 Å². The zero-order chi connectivity index (χ0) is 22.2. The molecule has 0 N–H and O–H groups in total. The van der Waals surface area contributed by atoms with Crippen LogP contribution in [0.4, 0.5) is 0 Å². The second-order valence-corrected chi connectivity index (χ2v) is 8.80. The predicted molar refractivity (Wildman–Crippen MR) is 121 cm³/mol. The first-order valence-corrected chi connectivity index (χ1v) is 11.7. The summed E-state index contributed by atoms with van der Waals surface area (Å²) in [6, 6.07) is 9.13. The van der Waals surface area contributed by atoms with Crippen molar-refractivity contribution in [1.82, 2.24) is 25.2 Å². The number of tetrazole rings is 1. The third-order valence-electron chi connectivity index (χ3n) is 5.96. The summed E-state index contributed by atoms with van der Waals surface area (Å²) in [5.41, 5.74) is 2.89. The average Bonchev–Trinajstić information content (AvgIpc) is 3.64. The number of nitrogens with zero attached hydrogens (tertiary/aromatic N) is 6. The predicted octanol–water partition coefficient (Wildman–Crippen LogP) is 4.41. The number of fused-ring (bicyclic) bond motifs is 1. The number of aromatic nitrogens is 4. The molecule has 5 heterocycles. The van der Waals surface area contributed by atoms with Gasteiger partial charge in [0.05, 0.1) is 18.2 Å². The summed E-state index contributed by atoms with van der Waals surface area (Å²) < 4.78 is 11.3. The number of hydrazone groups is 1. The Hall–Kier alpha value is -3.79. The maximum Gasteiger partial charge on any atom is 0.267 e. The molecular formula is C23H20N6O3S. The van der Waals surface area contributed by atoms with Crippen molar-refractivity contribution >= 4 is 29.0 Å². The standard InChI is InChI=1S/C23H20N6O3S/c30-20(13-28-26-23(24-27-28)16-8-11-33-14-16)29-22(19-7-3-10-32-19)18-6-1-4-15(21(18)25-29)12-17-5-2-9-31-17/h2-3,5,7-12,14,18,22H,1,4,6,13H2/b15-12+. The minimum Gasteiger partial charge on any atom is -0.467 e. The molecule has 2 unspecified atom stereocenters. The SMILES string of the molecule is O=C(Cn1nnc(-c2ccsc2)n1)N1N=C2/C(=C/c3ccco3)CCCC2C1c1ccco1. The first-order chi connectivity index (χ1) is 16.3. The lowest BCUT2D eigenvalue weighted by atomic mass is 9.79. The van der Waals surface area contributed by atoms with Crippen LogP contribution < -0.4 is 0 Å². The molecule has 1 saturated carbocycles. The van der Waals surface area contributed by atoms with Crippen molar-refractivity contribution in [1.29, 1.82) is 0 Å². The summed E-state index contributed by atoms with van der Waals surface area (Å²) in [6.45, 7) is -0.0604. The normalized spacial score (nSPS) is 21.4. The van der Waals surface area contributed by atoms with Crippen LogP contribution in [0.5, 0.6) is 0 Å². The summed E-state index contributed by atoms with van der Waals surface area (Å²) in [4.78, 5) is 14.7. The van der Waals surface area contributed by atoms with Gasteiger partial charge in [0.15, 0.2) is 0 Å². The maximum atomic E-state index is 13.4. The molecule has 4 aromatic rings. The van der Waals surface area contributed by atoms with Crippen LogP contribution in [0, 0.1) is 5.92 Å². The first-order valence-electron chi connectivity index (χ1n) is 10.7. The molecule has 0 spiro atoms. The van der Waals surface area contributed by atoms with Crippen molar-refractivity contribution in [3.8, 4) is 11.4 Å². The van der Waals surface area contributed by atoms with Gasteiger partial charge < -0.3 is 8.83 Å². The second-order valence-electron chi connectivity index (χ2n) is 8.02. The molecule has 6 rings (SSSR count). The average molecular weight is 461 g/mol. The number of carbonyl (C=O) groups is 1. The fraction of sp³-hybridized carbons (Fsp3) is 0.261. The third kappa shape index (κ3) is 3.72. The van der Waals surface area contributed by atoms with E-state index >= 15 is 0 Å². The van der Waals surface area contributed by atoms with E-state index in [0.717, 1.165) is 47.6 Å². The van der Waals surface area contributed by atoms with Gasteiger partial charge in [-0.25, -0.2) is 5.01 Å². The van der Waals surface area contributed by atoms with Crippen molar-refractivity contribution in [2.75, 3.05) is 0 Å². The number of hydrogen-bond acceptors (Lipinski definition) is 8. The molecular weight excluding hydrogens is 440 g/mol. The second kappa shape index (κ2) is 8.28. The van der Waals surface area contributed by atoms with Crippen molar-refractivity contribution in [2.45, 2.75) is 31.8 Å². The Morgan fingerprint density at radius 3 is 2.91 bits per heavy atom. The molecule has 4 aromatic heterocycles. The van der Waals surface area contributed by atoms with Crippen LogP contribution in [0.3, 0.4) is 0 Å². The fourth-order valence-corrected chi connectivity index (χ4v) is 5.14. The van der Waals surface area contributed by atoms with Crippen LogP contribution in [0.25, 0.3) is 17.5 Å². The van der Waals surface area contributed by atoms with Crippen LogP contribution in [0.15, 0.2) is 73.1 Å². The Kier molecular flexibility index (Phi) is 4.99. The molecule has 0 radical (unpaired) electrons. The highest BCUT2D eigenvalue weighted by Gasteiger charge is 2.45. The summed E-state index contributed by atoms with van der Waals surface area (Å²) >= 11 is 1.56. The zero-order valence-electron chi connectivity index (χ0n) is 17.6. The molecule has 0 aromatic carbocycles. The number of furan rings is 2. The van der Waals surface area contributed by atoms with Crippen LogP contribution in [-0.4, -0.2) is 36.8 Å². The lowest BCUT2D eigenvalue weighted by molar-refractivity contribution is -0.135. The Morgan fingerprint density at radius 2 is 2.12 bits per heavy atom. The highest BCUT2D eigenvalue weighted by Crippen LogP contribution is 2.44. The topological polar surface area (TPSA) is 103 Å². The van der Waals surface area contributed by atoms with E-state index in [2.05, 4.69) is 15.4 Å². The Labute approximate surface area is 193 Å². The monoisotopic (exact) mass is 460 g/mol. The van der Waals surface area contributed by atoms with Gasteiger partial charge in [0.2, 0.25) is 5.82 Å². The molecule has 33 heavy (non-hydrogen) atoms. The quantitative estimate of drug-likeness (QED) is 0.437. The van der Waals surface area contributed by atoms with E-state index < -0.39 is 0 Å². The molecule has 10 heteroatoms. The van der Waals surface area contributed by atoms with Crippen molar-refractivity contribution < 1.29 is 13.6 Å². The Morgan fingerprint density at radius 1 is 1.21 bits per heavy atom. The highest BCUT2D eigenvalue weighted by atomic mass is 32.1. The Balaban J connectivity index is 1.31. The van der Waals surface area contributed by atoms with E-state index in [4.69, 9.17) is 13.9 Å². The van der Waals surface area contributed by atoms with E-state index in [9.17, 15) is 4.79 Å². The smallest absolute Gasteiger partial charge is 0.267 e. The van der Waals surface area contributed by atoms with Gasteiger partial charge >= 0.3 is 0 Å². The van der Waals surface area contributed by atoms with Gasteiger partial charge in [0, 0.05) is 16.9 Å². The fourth-order valence-electron chi connectivity index (χ4n) is 4.50. The van der Waals surface area contributed by atoms with E-state index in [1.54, 1.807) is 23.9 Å². The zero-order valence-corrected chi connectivity index (χ0v) is 18.4.